The van der Waals surface area contributed by atoms with E-state index in [1.165, 1.54) is 11.1 Å². The molecule has 0 bridgehead atoms. The van der Waals surface area contributed by atoms with Gasteiger partial charge in [-0.25, -0.2) is 0 Å². The molecule has 0 amide bonds. The molecule has 0 atom stereocenters. The minimum atomic E-state index is 0.827. The standard InChI is InChI=1S/C21H16ClN.C2H6/c1-15-21(22)19-9-5-6-10-20(19)23(15)18-13-11-17(12-14-18)16-7-3-2-4-8-16;1-2/h2-14H,1H3;1-2H3. The van der Waals surface area contributed by atoms with E-state index in [9.17, 15) is 0 Å². The fourth-order valence-electron chi connectivity index (χ4n) is 3.09. The van der Waals surface area contributed by atoms with Crippen LogP contribution in [0.15, 0.2) is 78.9 Å². The lowest BCUT2D eigenvalue weighted by atomic mass is 10.1. The van der Waals surface area contributed by atoms with E-state index in [0.29, 0.717) is 0 Å². The van der Waals surface area contributed by atoms with E-state index in [2.05, 4.69) is 72.2 Å². The van der Waals surface area contributed by atoms with Gasteiger partial charge in [0.05, 0.1) is 10.5 Å². The third-order valence-corrected chi connectivity index (χ3v) is 4.74. The predicted molar refractivity (Wildman–Crippen MR) is 110 cm³/mol. The highest BCUT2D eigenvalue weighted by molar-refractivity contribution is 6.36. The molecule has 126 valence electrons. The monoisotopic (exact) mass is 347 g/mol. The Kier molecular flexibility index (Phi) is 5.25. The molecule has 4 rings (SSSR count). The van der Waals surface area contributed by atoms with Crippen LogP contribution in [0.3, 0.4) is 0 Å². The normalized spacial score (nSPS) is 10.4. The summed E-state index contributed by atoms with van der Waals surface area (Å²) in [6, 6.07) is 27.3. The van der Waals surface area contributed by atoms with Crippen molar-refractivity contribution in [2.24, 2.45) is 0 Å². The molecule has 0 spiro atoms. The molecular formula is C23H22ClN. The molecular weight excluding hydrogens is 326 g/mol. The number of halogens is 1. The van der Waals surface area contributed by atoms with Crippen molar-refractivity contribution in [3.63, 3.8) is 0 Å². The fourth-order valence-corrected chi connectivity index (χ4v) is 3.34. The maximum absolute atomic E-state index is 6.50. The van der Waals surface area contributed by atoms with Crippen molar-refractivity contribution in [2.45, 2.75) is 20.8 Å². The average Bonchev–Trinajstić information content (AvgIpc) is 2.95. The van der Waals surface area contributed by atoms with E-state index < -0.39 is 0 Å². The molecule has 0 aliphatic heterocycles. The smallest absolute Gasteiger partial charge is 0.0695 e. The van der Waals surface area contributed by atoms with Crippen LogP contribution in [0.1, 0.15) is 19.5 Å². The van der Waals surface area contributed by atoms with Gasteiger partial charge in [-0.3, -0.25) is 0 Å². The van der Waals surface area contributed by atoms with Crippen molar-refractivity contribution in [3.05, 3.63) is 89.6 Å². The van der Waals surface area contributed by atoms with Gasteiger partial charge in [-0.1, -0.05) is 86.1 Å². The average molecular weight is 348 g/mol. The third kappa shape index (κ3) is 3.20. The predicted octanol–water partition coefficient (Wildman–Crippen LogP) is 7.29. The minimum absolute atomic E-state index is 0.827. The third-order valence-electron chi connectivity index (χ3n) is 4.27. The van der Waals surface area contributed by atoms with Crippen LogP contribution in [0.25, 0.3) is 27.7 Å². The summed E-state index contributed by atoms with van der Waals surface area (Å²) in [4.78, 5) is 0. The van der Waals surface area contributed by atoms with E-state index in [-0.39, 0.29) is 0 Å². The summed E-state index contributed by atoms with van der Waals surface area (Å²) in [6.07, 6.45) is 0. The van der Waals surface area contributed by atoms with Crippen LogP contribution >= 0.6 is 11.6 Å². The topological polar surface area (TPSA) is 4.93 Å². The number of nitrogens with zero attached hydrogens (tertiary/aromatic N) is 1. The molecule has 0 unspecified atom stereocenters. The fraction of sp³-hybridized carbons (Fsp3) is 0.130. The van der Waals surface area contributed by atoms with Crippen LogP contribution in [0, 0.1) is 6.92 Å². The van der Waals surface area contributed by atoms with E-state index in [4.69, 9.17) is 11.6 Å². The van der Waals surface area contributed by atoms with Gasteiger partial charge in [-0.05, 0) is 36.2 Å². The number of hydrogen-bond donors (Lipinski definition) is 0. The van der Waals surface area contributed by atoms with Crippen LogP contribution in [0.5, 0.6) is 0 Å². The maximum Gasteiger partial charge on any atom is 0.0695 e. The number of hydrogen-bond acceptors (Lipinski definition) is 0. The first-order valence-corrected chi connectivity index (χ1v) is 9.05. The van der Waals surface area contributed by atoms with Crippen LogP contribution in [0.4, 0.5) is 0 Å². The number of benzene rings is 3. The highest BCUT2D eigenvalue weighted by Crippen LogP contribution is 2.33. The summed E-state index contributed by atoms with van der Waals surface area (Å²) in [5.74, 6) is 0. The number of para-hydroxylation sites is 1. The highest BCUT2D eigenvalue weighted by atomic mass is 35.5. The van der Waals surface area contributed by atoms with Crippen molar-refractivity contribution in [2.75, 3.05) is 0 Å². The molecule has 0 saturated heterocycles. The lowest BCUT2D eigenvalue weighted by molar-refractivity contribution is 1.05. The van der Waals surface area contributed by atoms with Gasteiger partial charge < -0.3 is 4.57 Å². The number of fused-ring (bicyclic) bond motifs is 1. The molecule has 0 saturated carbocycles. The second kappa shape index (κ2) is 7.58. The lowest BCUT2D eigenvalue weighted by Gasteiger charge is -2.10. The van der Waals surface area contributed by atoms with Crippen molar-refractivity contribution in [1.82, 2.24) is 4.57 Å². The second-order valence-electron chi connectivity index (χ2n) is 5.66. The quantitative estimate of drug-likeness (QED) is 0.359. The van der Waals surface area contributed by atoms with Gasteiger partial charge in [0, 0.05) is 16.8 Å². The van der Waals surface area contributed by atoms with Crippen molar-refractivity contribution >= 4 is 22.5 Å². The van der Waals surface area contributed by atoms with Crippen LogP contribution in [-0.4, -0.2) is 4.57 Å². The van der Waals surface area contributed by atoms with Gasteiger partial charge in [-0.2, -0.15) is 0 Å². The second-order valence-corrected chi connectivity index (χ2v) is 6.04. The van der Waals surface area contributed by atoms with Crippen molar-refractivity contribution < 1.29 is 0 Å². The molecule has 0 N–H and O–H groups in total. The summed E-state index contributed by atoms with van der Waals surface area (Å²) in [6.45, 7) is 6.06. The largest absolute Gasteiger partial charge is 0.312 e. The Labute approximate surface area is 154 Å². The first kappa shape index (κ1) is 17.3. The van der Waals surface area contributed by atoms with E-state index in [0.717, 1.165) is 27.3 Å². The Morgan fingerprint density at radius 3 is 1.92 bits per heavy atom. The Bertz CT molecular complexity index is 966. The molecule has 0 fully saturated rings. The maximum atomic E-state index is 6.50. The van der Waals surface area contributed by atoms with Crippen LogP contribution in [0.2, 0.25) is 5.02 Å². The van der Waals surface area contributed by atoms with Crippen molar-refractivity contribution in [3.8, 4) is 16.8 Å². The number of rotatable bonds is 2. The molecule has 1 nitrogen and oxygen atoms in total. The van der Waals surface area contributed by atoms with Gasteiger partial charge in [0.1, 0.15) is 0 Å². The van der Waals surface area contributed by atoms with Gasteiger partial charge in [-0.15, -0.1) is 0 Å². The molecule has 1 aromatic heterocycles. The zero-order valence-corrected chi connectivity index (χ0v) is 15.6. The molecule has 1 heterocycles. The zero-order valence-electron chi connectivity index (χ0n) is 14.8. The molecule has 25 heavy (non-hydrogen) atoms. The molecule has 3 aromatic carbocycles. The number of aromatic nitrogens is 1. The van der Waals surface area contributed by atoms with Crippen molar-refractivity contribution in [1.29, 1.82) is 0 Å². The van der Waals surface area contributed by atoms with E-state index >= 15 is 0 Å². The minimum Gasteiger partial charge on any atom is -0.312 e. The van der Waals surface area contributed by atoms with Gasteiger partial charge in [0.25, 0.3) is 0 Å². The first-order valence-electron chi connectivity index (χ1n) is 8.67. The molecule has 0 aliphatic rings. The van der Waals surface area contributed by atoms with E-state index in [1.54, 1.807) is 0 Å². The Morgan fingerprint density at radius 1 is 0.680 bits per heavy atom. The summed E-state index contributed by atoms with van der Waals surface area (Å²) < 4.78 is 2.21. The van der Waals surface area contributed by atoms with E-state index in [1.807, 2.05) is 32.0 Å². The molecule has 0 aliphatic carbocycles. The summed E-state index contributed by atoms with van der Waals surface area (Å²) in [5.41, 5.74) is 5.79. The highest BCUT2D eigenvalue weighted by Gasteiger charge is 2.13. The van der Waals surface area contributed by atoms with Gasteiger partial charge in [0.2, 0.25) is 0 Å². The Hall–Kier alpha value is -2.51. The Balaban J connectivity index is 0.000000880. The summed E-state index contributed by atoms with van der Waals surface area (Å²) in [5, 5.41) is 1.92. The van der Waals surface area contributed by atoms with Crippen LogP contribution < -0.4 is 0 Å². The molecule has 2 heteroatoms. The van der Waals surface area contributed by atoms with Crippen LogP contribution in [-0.2, 0) is 0 Å². The van der Waals surface area contributed by atoms with Gasteiger partial charge in [0.15, 0.2) is 0 Å². The SMILES string of the molecule is CC.Cc1c(Cl)c2ccccc2n1-c1ccc(-c2ccccc2)cc1. The molecule has 0 radical (unpaired) electrons. The first-order chi connectivity index (χ1) is 12.3. The zero-order chi connectivity index (χ0) is 17.8. The Morgan fingerprint density at radius 2 is 1.24 bits per heavy atom. The lowest BCUT2D eigenvalue weighted by Crippen LogP contribution is -1.96. The molecule has 4 aromatic rings. The summed E-state index contributed by atoms with van der Waals surface area (Å²) in [7, 11) is 0. The van der Waals surface area contributed by atoms with Gasteiger partial charge >= 0.3 is 0 Å². The summed E-state index contributed by atoms with van der Waals surface area (Å²) >= 11 is 6.50.